The van der Waals surface area contributed by atoms with Gasteiger partial charge in [0, 0.05) is 13.1 Å². The van der Waals surface area contributed by atoms with Crippen molar-refractivity contribution in [3.05, 3.63) is 29.1 Å². The van der Waals surface area contributed by atoms with E-state index in [0.717, 1.165) is 25.9 Å². The van der Waals surface area contributed by atoms with Gasteiger partial charge in [-0.2, -0.15) is 0 Å². The van der Waals surface area contributed by atoms with E-state index in [-0.39, 0.29) is 12.5 Å². The van der Waals surface area contributed by atoms with Crippen molar-refractivity contribution in [1.29, 1.82) is 0 Å². The maximum Gasteiger partial charge on any atom is 0.407 e. The third-order valence-electron chi connectivity index (χ3n) is 4.56. The fourth-order valence-electron chi connectivity index (χ4n) is 3.46. The summed E-state index contributed by atoms with van der Waals surface area (Å²) in [4.78, 5) is 31.0. The molecule has 2 heterocycles. The van der Waals surface area contributed by atoms with E-state index in [1.54, 1.807) is 6.07 Å². The summed E-state index contributed by atoms with van der Waals surface area (Å²) in [5.41, 5.74) is 1.50. The first-order valence-electron chi connectivity index (χ1n) is 9.78. The second-order valence-electron chi connectivity index (χ2n) is 8.83. The SMILES string of the molecule is Cc1nc(CNC(=O)OC(C)(C)C)ccc1C(=O)N1CC[C@H](CC(C)C)C1. The fraction of sp³-hybridized carbons (Fsp3) is 0.667. The van der Waals surface area contributed by atoms with Crippen molar-refractivity contribution < 1.29 is 14.3 Å². The predicted molar refractivity (Wildman–Crippen MR) is 106 cm³/mol. The molecule has 0 saturated carbocycles. The number of carbonyl (C=O) groups is 2. The Kier molecular flexibility index (Phi) is 6.84. The molecule has 0 spiro atoms. The van der Waals surface area contributed by atoms with Gasteiger partial charge in [-0.15, -0.1) is 0 Å². The summed E-state index contributed by atoms with van der Waals surface area (Å²) >= 11 is 0. The molecule has 1 aromatic rings. The summed E-state index contributed by atoms with van der Waals surface area (Å²) < 4.78 is 5.22. The number of carbonyl (C=O) groups excluding carboxylic acids is 2. The van der Waals surface area contributed by atoms with Crippen molar-refractivity contribution in [3.8, 4) is 0 Å². The van der Waals surface area contributed by atoms with E-state index >= 15 is 0 Å². The van der Waals surface area contributed by atoms with Crippen LogP contribution in [-0.4, -0.2) is 40.6 Å². The normalized spacial score (nSPS) is 17.3. The van der Waals surface area contributed by atoms with Crippen LogP contribution in [0.3, 0.4) is 0 Å². The molecule has 0 bridgehead atoms. The third kappa shape index (κ3) is 6.52. The van der Waals surface area contributed by atoms with Gasteiger partial charge in [0.1, 0.15) is 5.60 Å². The molecule has 1 atom stereocenters. The number of likely N-dealkylation sites (tertiary alicyclic amines) is 1. The molecule has 1 aliphatic rings. The molecule has 2 amide bonds. The lowest BCUT2D eigenvalue weighted by molar-refractivity contribution is 0.0522. The third-order valence-corrected chi connectivity index (χ3v) is 4.56. The van der Waals surface area contributed by atoms with Crippen molar-refractivity contribution in [1.82, 2.24) is 15.2 Å². The van der Waals surface area contributed by atoms with Gasteiger partial charge in [0.2, 0.25) is 0 Å². The number of hydrogen-bond donors (Lipinski definition) is 1. The highest BCUT2D eigenvalue weighted by Crippen LogP contribution is 2.25. The minimum atomic E-state index is -0.535. The summed E-state index contributed by atoms with van der Waals surface area (Å²) in [5, 5.41) is 2.69. The largest absolute Gasteiger partial charge is 0.444 e. The van der Waals surface area contributed by atoms with Crippen LogP contribution in [0.5, 0.6) is 0 Å². The summed E-state index contributed by atoms with van der Waals surface area (Å²) in [6, 6.07) is 3.60. The zero-order valence-electron chi connectivity index (χ0n) is 17.5. The van der Waals surface area contributed by atoms with Gasteiger partial charge in [-0.05, 0) is 64.5 Å². The van der Waals surface area contributed by atoms with Gasteiger partial charge >= 0.3 is 6.09 Å². The zero-order valence-corrected chi connectivity index (χ0v) is 17.5. The molecule has 0 aromatic carbocycles. The molecule has 1 aromatic heterocycles. The molecule has 27 heavy (non-hydrogen) atoms. The van der Waals surface area contributed by atoms with Crippen LogP contribution in [0.1, 0.15) is 69.2 Å². The van der Waals surface area contributed by atoms with E-state index in [9.17, 15) is 9.59 Å². The average Bonchev–Trinajstić information content (AvgIpc) is 2.98. The molecule has 0 unspecified atom stereocenters. The fourth-order valence-corrected chi connectivity index (χ4v) is 3.46. The van der Waals surface area contributed by atoms with Crippen LogP contribution in [0.25, 0.3) is 0 Å². The van der Waals surface area contributed by atoms with Gasteiger partial charge in [0.25, 0.3) is 5.91 Å². The molecular formula is C21H33N3O3. The number of ether oxygens (including phenoxy) is 1. The standard InChI is InChI=1S/C21H33N3O3/c1-14(2)11-16-9-10-24(13-16)19(25)18-8-7-17(23-15(18)3)12-22-20(26)27-21(4,5)6/h7-8,14,16H,9-13H2,1-6H3,(H,22,26)/t16-/m1/s1. The van der Waals surface area contributed by atoms with Crippen LogP contribution >= 0.6 is 0 Å². The predicted octanol–water partition coefficient (Wildman–Crippen LogP) is 3.92. The number of alkyl carbamates (subject to hydrolysis) is 1. The molecule has 6 nitrogen and oxygen atoms in total. The molecule has 1 fully saturated rings. The van der Waals surface area contributed by atoms with Gasteiger partial charge in [0.05, 0.1) is 23.5 Å². The number of hydrogen-bond acceptors (Lipinski definition) is 4. The van der Waals surface area contributed by atoms with Crippen LogP contribution < -0.4 is 5.32 Å². The Labute approximate surface area is 162 Å². The maximum atomic E-state index is 12.8. The molecule has 1 saturated heterocycles. The van der Waals surface area contributed by atoms with Crippen LogP contribution in [-0.2, 0) is 11.3 Å². The minimum Gasteiger partial charge on any atom is -0.444 e. The Hall–Kier alpha value is -2.11. The Morgan fingerprint density at radius 1 is 1.33 bits per heavy atom. The van der Waals surface area contributed by atoms with E-state index in [1.807, 2.05) is 38.7 Å². The van der Waals surface area contributed by atoms with Crippen LogP contribution in [0.2, 0.25) is 0 Å². The molecule has 1 aliphatic heterocycles. The highest BCUT2D eigenvalue weighted by atomic mass is 16.6. The first-order chi connectivity index (χ1) is 12.5. The monoisotopic (exact) mass is 375 g/mol. The van der Waals surface area contributed by atoms with Crippen molar-refractivity contribution >= 4 is 12.0 Å². The highest BCUT2D eigenvalue weighted by Gasteiger charge is 2.28. The Bertz CT molecular complexity index is 680. The summed E-state index contributed by atoms with van der Waals surface area (Å²) in [6.07, 6.45) is 1.76. The van der Waals surface area contributed by atoms with Crippen LogP contribution in [0.4, 0.5) is 4.79 Å². The summed E-state index contributed by atoms with van der Waals surface area (Å²) in [5.74, 6) is 1.31. The Morgan fingerprint density at radius 3 is 2.63 bits per heavy atom. The van der Waals surface area contributed by atoms with Gasteiger partial charge in [0.15, 0.2) is 0 Å². The number of nitrogens with one attached hydrogen (secondary N) is 1. The second-order valence-corrected chi connectivity index (χ2v) is 8.83. The average molecular weight is 376 g/mol. The molecule has 150 valence electrons. The van der Waals surface area contributed by atoms with E-state index in [0.29, 0.717) is 28.8 Å². The first kappa shape index (κ1) is 21.2. The number of rotatable bonds is 5. The maximum absolute atomic E-state index is 12.8. The summed E-state index contributed by atoms with van der Waals surface area (Å²) in [6.45, 7) is 13.7. The van der Waals surface area contributed by atoms with Gasteiger partial charge in [-0.3, -0.25) is 9.78 Å². The van der Waals surface area contributed by atoms with Crippen molar-refractivity contribution in [2.75, 3.05) is 13.1 Å². The lowest BCUT2D eigenvalue weighted by atomic mass is 9.97. The lowest BCUT2D eigenvalue weighted by Crippen LogP contribution is -2.32. The van der Waals surface area contributed by atoms with Crippen molar-refractivity contribution in [2.24, 2.45) is 11.8 Å². The highest BCUT2D eigenvalue weighted by molar-refractivity contribution is 5.95. The number of nitrogens with zero attached hydrogens (tertiary/aromatic N) is 2. The number of pyridine rings is 1. The molecule has 2 rings (SSSR count). The van der Waals surface area contributed by atoms with E-state index in [1.165, 1.54) is 0 Å². The van der Waals surface area contributed by atoms with Gasteiger partial charge in [-0.25, -0.2) is 4.79 Å². The van der Waals surface area contributed by atoms with E-state index < -0.39 is 11.7 Å². The zero-order chi connectivity index (χ0) is 20.2. The Balaban J connectivity index is 1.94. The van der Waals surface area contributed by atoms with Crippen LogP contribution in [0, 0.1) is 18.8 Å². The van der Waals surface area contributed by atoms with Gasteiger partial charge < -0.3 is 15.0 Å². The summed E-state index contributed by atoms with van der Waals surface area (Å²) in [7, 11) is 0. The second kappa shape index (κ2) is 8.72. The topological polar surface area (TPSA) is 71.5 Å². The number of amides is 2. The van der Waals surface area contributed by atoms with Crippen molar-refractivity contribution in [2.45, 2.75) is 66.5 Å². The minimum absolute atomic E-state index is 0.0536. The molecular weight excluding hydrogens is 342 g/mol. The van der Waals surface area contributed by atoms with E-state index in [4.69, 9.17) is 4.74 Å². The number of aromatic nitrogens is 1. The van der Waals surface area contributed by atoms with E-state index in [2.05, 4.69) is 24.1 Å². The molecule has 1 N–H and O–H groups in total. The lowest BCUT2D eigenvalue weighted by Gasteiger charge is -2.20. The smallest absolute Gasteiger partial charge is 0.407 e. The molecule has 0 radical (unpaired) electrons. The van der Waals surface area contributed by atoms with Gasteiger partial charge in [-0.1, -0.05) is 13.8 Å². The van der Waals surface area contributed by atoms with Crippen molar-refractivity contribution in [3.63, 3.8) is 0 Å². The number of aryl methyl sites for hydroxylation is 1. The molecule has 6 heteroatoms. The quantitative estimate of drug-likeness (QED) is 0.847. The Morgan fingerprint density at radius 2 is 2.04 bits per heavy atom. The molecule has 0 aliphatic carbocycles. The van der Waals surface area contributed by atoms with Crippen LogP contribution in [0.15, 0.2) is 12.1 Å². The first-order valence-corrected chi connectivity index (χ1v) is 9.78.